The van der Waals surface area contributed by atoms with Crippen molar-refractivity contribution in [3.63, 3.8) is 0 Å². The molecule has 0 aliphatic rings. The van der Waals surface area contributed by atoms with Crippen molar-refractivity contribution < 1.29 is 14.3 Å². The number of esters is 1. The smallest absolute Gasteiger partial charge is 0.332 e. The van der Waals surface area contributed by atoms with Crippen LogP contribution in [0.25, 0.3) is 33.9 Å². The summed E-state index contributed by atoms with van der Waals surface area (Å²) in [5, 5.41) is 0. The molecule has 0 fully saturated rings. The number of nitrogens with zero attached hydrogens (tertiary/aromatic N) is 5. The number of hydrogen-bond acceptors (Lipinski definition) is 6. The number of carbonyl (C=O) groups excluding carboxylic acids is 1. The van der Waals surface area contributed by atoms with Gasteiger partial charge in [-0.1, -0.05) is 36.4 Å². The topological polar surface area (TPSA) is 102 Å². The first kappa shape index (κ1) is 22.2. The van der Waals surface area contributed by atoms with E-state index in [2.05, 4.69) is 4.74 Å². The maximum absolute atomic E-state index is 13.5. The summed E-state index contributed by atoms with van der Waals surface area (Å²) in [6, 6.07) is 17.2. The van der Waals surface area contributed by atoms with Gasteiger partial charge in [0.25, 0.3) is 5.56 Å². The lowest BCUT2D eigenvalue weighted by Gasteiger charge is -2.10. The average molecular weight is 473 g/mol. The lowest BCUT2D eigenvalue weighted by Crippen LogP contribution is -2.39. The van der Waals surface area contributed by atoms with Crippen molar-refractivity contribution in [1.29, 1.82) is 0 Å². The van der Waals surface area contributed by atoms with Gasteiger partial charge >= 0.3 is 11.7 Å². The first-order valence-corrected chi connectivity index (χ1v) is 10.9. The molecule has 0 saturated carbocycles. The van der Waals surface area contributed by atoms with Gasteiger partial charge in [0.2, 0.25) is 5.78 Å². The van der Waals surface area contributed by atoms with Gasteiger partial charge in [0.05, 0.1) is 32.0 Å². The number of ether oxygens (including phenoxy) is 2. The van der Waals surface area contributed by atoms with Gasteiger partial charge in [0, 0.05) is 31.4 Å². The zero-order valence-corrected chi connectivity index (χ0v) is 19.5. The zero-order valence-electron chi connectivity index (χ0n) is 19.5. The van der Waals surface area contributed by atoms with E-state index in [1.165, 1.54) is 11.7 Å². The van der Waals surface area contributed by atoms with E-state index in [-0.39, 0.29) is 24.1 Å². The molecule has 0 spiro atoms. The highest BCUT2D eigenvalue weighted by Crippen LogP contribution is 2.30. The first-order valence-electron chi connectivity index (χ1n) is 10.9. The van der Waals surface area contributed by atoms with E-state index in [1.807, 2.05) is 65.4 Å². The van der Waals surface area contributed by atoms with Gasteiger partial charge in [0.15, 0.2) is 11.2 Å². The second kappa shape index (κ2) is 8.64. The van der Waals surface area contributed by atoms with E-state index in [4.69, 9.17) is 9.72 Å². The molecule has 0 atom stereocenters. The highest BCUT2D eigenvalue weighted by Gasteiger charge is 2.23. The Hall–Kier alpha value is -4.60. The van der Waals surface area contributed by atoms with Gasteiger partial charge < -0.3 is 9.47 Å². The normalized spacial score (nSPS) is 11.3. The maximum atomic E-state index is 13.5. The van der Waals surface area contributed by atoms with Crippen molar-refractivity contribution >= 4 is 22.9 Å². The molecule has 0 N–H and O–H groups in total. The van der Waals surface area contributed by atoms with Crippen molar-refractivity contribution in [2.75, 3.05) is 14.2 Å². The maximum Gasteiger partial charge on any atom is 0.332 e. The second-order valence-electron chi connectivity index (χ2n) is 8.00. The van der Waals surface area contributed by atoms with Crippen molar-refractivity contribution in [3.05, 3.63) is 81.6 Å². The second-order valence-corrected chi connectivity index (χ2v) is 8.00. The van der Waals surface area contributed by atoms with Gasteiger partial charge in [-0.2, -0.15) is 4.98 Å². The van der Waals surface area contributed by atoms with E-state index in [0.29, 0.717) is 11.5 Å². The highest BCUT2D eigenvalue weighted by atomic mass is 16.5. The first-order chi connectivity index (χ1) is 16.9. The number of carbonyl (C=O) groups is 1. The van der Waals surface area contributed by atoms with Crippen LogP contribution in [0.4, 0.5) is 0 Å². The fourth-order valence-electron chi connectivity index (χ4n) is 4.21. The fourth-order valence-corrected chi connectivity index (χ4v) is 4.21. The van der Waals surface area contributed by atoms with Crippen LogP contribution in [0.3, 0.4) is 0 Å². The van der Waals surface area contributed by atoms with Crippen LogP contribution in [-0.2, 0) is 23.1 Å². The van der Waals surface area contributed by atoms with Crippen LogP contribution in [0.1, 0.15) is 6.42 Å². The van der Waals surface area contributed by atoms with E-state index in [9.17, 15) is 14.4 Å². The summed E-state index contributed by atoms with van der Waals surface area (Å²) in [6.07, 6.45) is 1.73. The van der Waals surface area contributed by atoms with Crippen LogP contribution in [-0.4, -0.2) is 43.3 Å². The zero-order chi connectivity index (χ0) is 24.7. The standard InChI is InChI=1S/C25H23N5O5/c1-27-22-21(23(32)28(25(27)33)13-12-20(31)35-3)29-15-19(16-8-5-4-6-9-16)30(24(29)26-22)17-10-7-11-18(14-17)34-2/h4-11,14-15H,12-13H2,1-3H3. The number of rotatable bonds is 6. The molecule has 2 aromatic carbocycles. The third-order valence-electron chi connectivity index (χ3n) is 6.00. The Kier molecular flexibility index (Phi) is 5.48. The van der Waals surface area contributed by atoms with Crippen LogP contribution in [0, 0.1) is 0 Å². The molecule has 0 amide bonds. The minimum absolute atomic E-state index is 0.0938. The largest absolute Gasteiger partial charge is 0.497 e. The van der Waals surface area contributed by atoms with Crippen LogP contribution in [0.2, 0.25) is 0 Å². The number of fused-ring (bicyclic) bond motifs is 3. The van der Waals surface area contributed by atoms with E-state index >= 15 is 0 Å². The summed E-state index contributed by atoms with van der Waals surface area (Å²) in [4.78, 5) is 42.8. The monoisotopic (exact) mass is 473 g/mol. The van der Waals surface area contributed by atoms with Crippen molar-refractivity contribution in [2.45, 2.75) is 13.0 Å². The third-order valence-corrected chi connectivity index (χ3v) is 6.00. The Bertz CT molecular complexity index is 1690. The predicted octanol–water partition coefficient (Wildman–Crippen LogP) is 2.38. The third kappa shape index (κ3) is 3.59. The van der Waals surface area contributed by atoms with Gasteiger partial charge in [-0.25, -0.2) is 4.79 Å². The quantitative estimate of drug-likeness (QED) is 0.351. The number of benzene rings is 2. The number of aryl methyl sites for hydroxylation is 1. The molecule has 3 heterocycles. The molecular weight excluding hydrogens is 450 g/mol. The van der Waals surface area contributed by atoms with Crippen LogP contribution in [0.5, 0.6) is 5.75 Å². The molecule has 178 valence electrons. The lowest BCUT2D eigenvalue weighted by atomic mass is 10.1. The molecule has 0 bridgehead atoms. The molecule has 5 aromatic rings. The van der Waals surface area contributed by atoms with Gasteiger partial charge in [-0.15, -0.1) is 0 Å². The SMILES string of the molecule is COC(=O)CCn1c(=O)c2c(nc3n(-c4cccc(OC)c4)c(-c4ccccc4)cn23)n(C)c1=O. The van der Waals surface area contributed by atoms with Gasteiger partial charge in [-0.3, -0.25) is 27.7 Å². The van der Waals surface area contributed by atoms with E-state index < -0.39 is 17.2 Å². The average Bonchev–Trinajstić information content (AvgIpc) is 3.44. The Morgan fingerprint density at radius 1 is 1.03 bits per heavy atom. The molecule has 0 radical (unpaired) electrons. The molecule has 3 aromatic heterocycles. The molecule has 0 aliphatic carbocycles. The predicted molar refractivity (Wildman–Crippen MR) is 130 cm³/mol. The van der Waals surface area contributed by atoms with Gasteiger partial charge in [-0.05, 0) is 12.1 Å². The lowest BCUT2D eigenvalue weighted by molar-refractivity contribution is -0.140. The minimum Gasteiger partial charge on any atom is -0.497 e. The minimum atomic E-state index is -0.552. The van der Waals surface area contributed by atoms with Crippen molar-refractivity contribution in [3.8, 4) is 22.7 Å². The number of hydrogen-bond donors (Lipinski definition) is 0. The van der Waals surface area contributed by atoms with Crippen LogP contribution < -0.4 is 16.0 Å². The summed E-state index contributed by atoms with van der Waals surface area (Å²) in [5.74, 6) is 0.625. The van der Waals surface area contributed by atoms with Crippen LogP contribution in [0.15, 0.2) is 70.4 Å². The Balaban J connectivity index is 1.84. The summed E-state index contributed by atoms with van der Waals surface area (Å²) >= 11 is 0. The van der Waals surface area contributed by atoms with Crippen molar-refractivity contribution in [2.24, 2.45) is 7.05 Å². The molecule has 10 nitrogen and oxygen atoms in total. The number of aromatic nitrogens is 5. The highest BCUT2D eigenvalue weighted by molar-refractivity contribution is 5.79. The summed E-state index contributed by atoms with van der Waals surface area (Å²) in [5.41, 5.74) is 1.92. The number of methoxy groups -OCH3 is 2. The molecular formula is C25H23N5O5. The molecule has 0 saturated heterocycles. The molecule has 35 heavy (non-hydrogen) atoms. The molecule has 5 rings (SSSR count). The van der Waals surface area contributed by atoms with Crippen LogP contribution >= 0.6 is 0 Å². The fraction of sp³-hybridized carbons (Fsp3) is 0.200. The Morgan fingerprint density at radius 2 is 1.80 bits per heavy atom. The molecule has 0 unspecified atom stereocenters. The summed E-state index contributed by atoms with van der Waals surface area (Å²) in [7, 11) is 4.41. The summed E-state index contributed by atoms with van der Waals surface area (Å²) < 4.78 is 16.0. The van der Waals surface area contributed by atoms with E-state index in [0.717, 1.165) is 21.5 Å². The van der Waals surface area contributed by atoms with E-state index in [1.54, 1.807) is 18.6 Å². The molecule has 0 aliphatic heterocycles. The molecule has 10 heteroatoms. The Morgan fingerprint density at radius 3 is 2.51 bits per heavy atom. The Labute approximate surface area is 199 Å². The number of imidazole rings is 2. The van der Waals surface area contributed by atoms with Crippen molar-refractivity contribution in [1.82, 2.24) is 23.1 Å². The van der Waals surface area contributed by atoms with Gasteiger partial charge in [0.1, 0.15) is 5.75 Å². The summed E-state index contributed by atoms with van der Waals surface area (Å²) in [6.45, 7) is -0.0938.